The Balaban J connectivity index is 2.09. The van der Waals surface area contributed by atoms with E-state index in [1.165, 1.54) is 0 Å². The number of carboxylic acid groups (broad SMARTS) is 1. The summed E-state index contributed by atoms with van der Waals surface area (Å²) in [6.07, 6.45) is 1.41. The third-order valence-electron chi connectivity index (χ3n) is 4.31. The lowest BCUT2D eigenvalue weighted by molar-refractivity contribution is -0.139. The van der Waals surface area contributed by atoms with Crippen LogP contribution in [0.4, 0.5) is 0 Å². The van der Waals surface area contributed by atoms with E-state index in [1.807, 2.05) is 18.2 Å². The molecule has 0 fully saturated rings. The zero-order chi connectivity index (χ0) is 15.9. The molecular formula is C17H22N2O3. The molecule has 2 aromatic rings. The maximum absolute atomic E-state index is 11.5. The topological polar surface area (TPSA) is 74.3 Å². The molecule has 0 radical (unpaired) electrons. The van der Waals surface area contributed by atoms with Gasteiger partial charge >= 0.3 is 5.97 Å². The van der Waals surface area contributed by atoms with Crippen LogP contribution in [0.1, 0.15) is 37.6 Å². The van der Waals surface area contributed by atoms with E-state index in [0.29, 0.717) is 12.3 Å². The van der Waals surface area contributed by atoms with Gasteiger partial charge in [0.25, 0.3) is 0 Å². The molecule has 0 saturated carbocycles. The monoisotopic (exact) mass is 302 g/mol. The summed E-state index contributed by atoms with van der Waals surface area (Å²) in [5.74, 6) is 0.496. The first kappa shape index (κ1) is 14.9. The molecule has 0 saturated heterocycles. The molecule has 22 heavy (non-hydrogen) atoms. The van der Waals surface area contributed by atoms with Gasteiger partial charge in [0.2, 0.25) is 0 Å². The maximum atomic E-state index is 11.5. The van der Waals surface area contributed by atoms with Gasteiger partial charge in [-0.15, -0.1) is 0 Å². The first-order valence-electron chi connectivity index (χ1n) is 7.67. The number of hydrogen-bond acceptors (Lipinski definition) is 3. The highest BCUT2D eigenvalue weighted by Gasteiger charge is 2.33. The van der Waals surface area contributed by atoms with Crippen LogP contribution >= 0.6 is 0 Å². The molecule has 2 heterocycles. The van der Waals surface area contributed by atoms with Crippen molar-refractivity contribution < 1.29 is 14.6 Å². The van der Waals surface area contributed by atoms with Crippen molar-refractivity contribution in [3.63, 3.8) is 0 Å². The van der Waals surface area contributed by atoms with E-state index >= 15 is 0 Å². The third-order valence-corrected chi connectivity index (χ3v) is 4.31. The van der Waals surface area contributed by atoms with Crippen LogP contribution in [-0.4, -0.2) is 29.2 Å². The van der Waals surface area contributed by atoms with Gasteiger partial charge in [0.1, 0.15) is 11.8 Å². The molecule has 0 amide bonds. The van der Waals surface area contributed by atoms with Gasteiger partial charge in [-0.3, -0.25) is 10.1 Å². The lowest BCUT2D eigenvalue weighted by Crippen LogP contribution is -2.44. The van der Waals surface area contributed by atoms with E-state index in [4.69, 9.17) is 4.74 Å². The molecule has 0 spiro atoms. The van der Waals surface area contributed by atoms with Gasteiger partial charge in [-0.25, -0.2) is 0 Å². The molecule has 1 aromatic carbocycles. The molecule has 0 unspecified atom stereocenters. The van der Waals surface area contributed by atoms with E-state index in [2.05, 4.69) is 24.1 Å². The summed E-state index contributed by atoms with van der Waals surface area (Å²) in [6, 6.07) is 5.42. The van der Waals surface area contributed by atoms with Crippen LogP contribution in [0.5, 0.6) is 5.75 Å². The Morgan fingerprint density at radius 2 is 2.23 bits per heavy atom. The highest BCUT2D eigenvalue weighted by atomic mass is 16.5. The number of rotatable bonds is 4. The van der Waals surface area contributed by atoms with E-state index < -0.39 is 12.0 Å². The molecule has 2 atom stereocenters. The zero-order valence-electron chi connectivity index (χ0n) is 13.1. The van der Waals surface area contributed by atoms with E-state index in [0.717, 1.165) is 34.3 Å². The number of methoxy groups -OCH3 is 1. The fourth-order valence-electron chi connectivity index (χ4n) is 3.30. The van der Waals surface area contributed by atoms with Gasteiger partial charge < -0.3 is 14.8 Å². The summed E-state index contributed by atoms with van der Waals surface area (Å²) in [4.78, 5) is 14.9. The van der Waals surface area contributed by atoms with E-state index in [-0.39, 0.29) is 6.04 Å². The van der Waals surface area contributed by atoms with Crippen LogP contribution in [0.3, 0.4) is 0 Å². The Bertz CT molecular complexity index is 705. The number of ether oxygens (including phenoxy) is 1. The molecule has 0 aliphatic carbocycles. The Morgan fingerprint density at radius 3 is 2.86 bits per heavy atom. The second-order valence-electron chi connectivity index (χ2n) is 6.37. The summed E-state index contributed by atoms with van der Waals surface area (Å²) < 4.78 is 5.28. The molecule has 5 nitrogen and oxygen atoms in total. The molecule has 1 aromatic heterocycles. The van der Waals surface area contributed by atoms with Crippen molar-refractivity contribution in [2.75, 3.05) is 7.11 Å². The molecule has 0 bridgehead atoms. The molecule has 1 aliphatic heterocycles. The van der Waals surface area contributed by atoms with Gasteiger partial charge in [-0.05, 0) is 30.0 Å². The summed E-state index contributed by atoms with van der Waals surface area (Å²) in [5, 5.41) is 13.8. The number of nitrogens with one attached hydrogen (secondary N) is 2. The Hall–Kier alpha value is -2.01. The number of carboxylic acids is 1. The number of aromatic amines is 1. The molecule has 5 heteroatoms. The van der Waals surface area contributed by atoms with E-state index in [9.17, 15) is 9.90 Å². The van der Waals surface area contributed by atoms with Crippen LogP contribution in [-0.2, 0) is 11.2 Å². The Labute approximate surface area is 129 Å². The van der Waals surface area contributed by atoms with Gasteiger partial charge in [0.05, 0.1) is 7.11 Å². The molecule has 1 aliphatic rings. The number of benzene rings is 1. The zero-order valence-corrected chi connectivity index (χ0v) is 13.1. The second kappa shape index (κ2) is 5.65. The lowest BCUT2D eigenvalue weighted by atomic mass is 9.90. The van der Waals surface area contributed by atoms with Gasteiger partial charge in [0.15, 0.2) is 0 Å². The number of H-pyrrole nitrogens is 1. The molecule has 118 valence electrons. The number of aromatic nitrogens is 1. The first-order valence-corrected chi connectivity index (χ1v) is 7.67. The maximum Gasteiger partial charge on any atom is 0.321 e. The molecule has 3 N–H and O–H groups in total. The highest BCUT2D eigenvalue weighted by molar-refractivity contribution is 5.87. The molecular weight excluding hydrogens is 280 g/mol. The van der Waals surface area contributed by atoms with Crippen LogP contribution in [0, 0.1) is 5.92 Å². The van der Waals surface area contributed by atoms with Gasteiger partial charge in [-0.1, -0.05) is 13.8 Å². The minimum Gasteiger partial charge on any atom is -0.497 e. The predicted molar refractivity (Wildman–Crippen MR) is 85.3 cm³/mol. The van der Waals surface area contributed by atoms with Crippen molar-refractivity contribution in [1.29, 1.82) is 0 Å². The van der Waals surface area contributed by atoms with Gasteiger partial charge in [0, 0.05) is 35.1 Å². The Kier molecular flexibility index (Phi) is 3.83. The minimum absolute atomic E-state index is 0.0447. The smallest absolute Gasteiger partial charge is 0.321 e. The fraction of sp³-hybridized carbons (Fsp3) is 0.471. The average Bonchev–Trinajstić information content (AvgIpc) is 2.84. The quantitative estimate of drug-likeness (QED) is 0.812. The van der Waals surface area contributed by atoms with Crippen LogP contribution < -0.4 is 10.1 Å². The number of carbonyl (C=O) groups is 1. The first-order chi connectivity index (χ1) is 10.5. The summed E-state index contributed by atoms with van der Waals surface area (Å²) >= 11 is 0. The van der Waals surface area contributed by atoms with Crippen molar-refractivity contribution in [3.05, 3.63) is 29.5 Å². The van der Waals surface area contributed by atoms with Crippen molar-refractivity contribution in [2.45, 2.75) is 38.8 Å². The van der Waals surface area contributed by atoms with Crippen molar-refractivity contribution >= 4 is 16.9 Å². The molecule has 3 rings (SSSR count). The highest BCUT2D eigenvalue weighted by Crippen LogP contribution is 2.35. The SMILES string of the molecule is COc1ccc2c3c([nH]c2c1)[C@H](CC(C)C)N[C@H](C(=O)O)C3. The normalized spacial score (nSPS) is 21.1. The average molecular weight is 302 g/mol. The number of hydrogen-bond donors (Lipinski definition) is 3. The number of fused-ring (bicyclic) bond motifs is 3. The third kappa shape index (κ3) is 2.57. The fourth-order valence-corrected chi connectivity index (χ4v) is 3.30. The summed E-state index contributed by atoms with van der Waals surface area (Å²) in [7, 11) is 1.65. The van der Waals surface area contributed by atoms with Gasteiger partial charge in [-0.2, -0.15) is 0 Å². The standard InChI is InChI=1S/C17H22N2O3/c1-9(2)6-14-16-12(8-15(18-14)17(20)21)11-5-4-10(22-3)7-13(11)19-16/h4-5,7,9,14-15,18-19H,6,8H2,1-3H3,(H,20,21)/t14-,15-/m0/s1. The van der Waals surface area contributed by atoms with E-state index in [1.54, 1.807) is 7.11 Å². The second-order valence-corrected chi connectivity index (χ2v) is 6.37. The largest absolute Gasteiger partial charge is 0.497 e. The van der Waals surface area contributed by atoms with Crippen molar-refractivity contribution in [2.24, 2.45) is 5.92 Å². The van der Waals surface area contributed by atoms with Crippen LogP contribution in [0.15, 0.2) is 18.2 Å². The lowest BCUT2D eigenvalue weighted by Gasteiger charge is -2.30. The summed E-state index contributed by atoms with van der Waals surface area (Å²) in [6.45, 7) is 4.30. The summed E-state index contributed by atoms with van der Waals surface area (Å²) in [5.41, 5.74) is 3.25. The predicted octanol–water partition coefficient (Wildman–Crippen LogP) is 2.86. The number of aliphatic carboxylic acids is 1. The van der Waals surface area contributed by atoms with Crippen molar-refractivity contribution in [1.82, 2.24) is 10.3 Å². The Morgan fingerprint density at radius 1 is 1.45 bits per heavy atom. The van der Waals surface area contributed by atoms with Crippen LogP contribution in [0.2, 0.25) is 0 Å². The van der Waals surface area contributed by atoms with Crippen molar-refractivity contribution in [3.8, 4) is 5.75 Å². The minimum atomic E-state index is -0.790. The van der Waals surface area contributed by atoms with Crippen LogP contribution in [0.25, 0.3) is 10.9 Å².